The van der Waals surface area contributed by atoms with Crippen LogP contribution in [0.1, 0.15) is 20.3 Å². The molecule has 0 spiro atoms. The van der Waals surface area contributed by atoms with Gasteiger partial charge in [0.05, 0.1) is 12.8 Å². The highest BCUT2D eigenvalue weighted by atomic mass is 32.2. The number of sulfonamides is 1. The quantitative estimate of drug-likeness (QED) is 0.360. The predicted octanol–water partition coefficient (Wildman–Crippen LogP) is 1.43. The summed E-state index contributed by atoms with van der Waals surface area (Å²) in [6, 6.07) is 6.27. The lowest BCUT2D eigenvalue weighted by molar-refractivity contribution is 0.214. The van der Waals surface area contributed by atoms with Gasteiger partial charge in [0.2, 0.25) is 10.0 Å². The van der Waals surface area contributed by atoms with E-state index in [4.69, 9.17) is 4.74 Å². The molecule has 0 bridgehead atoms. The molecule has 0 aliphatic heterocycles. The molecule has 0 saturated carbocycles. The summed E-state index contributed by atoms with van der Waals surface area (Å²) >= 11 is 0. The number of halogens is 1. The summed E-state index contributed by atoms with van der Waals surface area (Å²) in [5, 5.41) is 6.22. The van der Waals surface area contributed by atoms with E-state index < -0.39 is 15.8 Å². The van der Waals surface area contributed by atoms with Crippen LogP contribution in [0.15, 0.2) is 29.3 Å². The monoisotopic (exact) mass is 388 g/mol. The Balaban J connectivity index is 2.33. The Bertz CT molecular complexity index is 682. The first-order chi connectivity index (χ1) is 12.3. The Morgan fingerprint density at radius 2 is 2.04 bits per heavy atom. The molecule has 1 rings (SSSR count). The molecule has 0 aromatic heterocycles. The van der Waals surface area contributed by atoms with Crippen LogP contribution in [-0.4, -0.2) is 64.3 Å². The summed E-state index contributed by atoms with van der Waals surface area (Å²) < 4.78 is 43.6. The van der Waals surface area contributed by atoms with Crippen LogP contribution >= 0.6 is 0 Å². The van der Waals surface area contributed by atoms with Crippen LogP contribution in [0.5, 0.6) is 5.75 Å². The molecule has 0 aliphatic carbocycles. The number of aliphatic imine (C=N–C) groups is 1. The number of nitrogens with zero attached hydrogens (tertiary/aromatic N) is 2. The molecule has 1 unspecified atom stereocenters. The summed E-state index contributed by atoms with van der Waals surface area (Å²) in [4.78, 5) is 4.10. The Labute approximate surface area is 155 Å². The van der Waals surface area contributed by atoms with Crippen LogP contribution in [0.2, 0.25) is 0 Å². The summed E-state index contributed by atoms with van der Waals surface area (Å²) in [6.45, 7) is 5.57. The van der Waals surface area contributed by atoms with Crippen molar-refractivity contribution in [3.8, 4) is 5.75 Å². The van der Waals surface area contributed by atoms with Crippen molar-refractivity contribution in [2.45, 2.75) is 26.4 Å². The molecule has 0 heterocycles. The van der Waals surface area contributed by atoms with Crippen molar-refractivity contribution >= 4 is 16.0 Å². The maximum Gasteiger partial charge on any atom is 0.211 e. The van der Waals surface area contributed by atoms with Gasteiger partial charge in [-0.15, -0.1) is 0 Å². The van der Waals surface area contributed by atoms with E-state index in [0.29, 0.717) is 38.6 Å². The zero-order chi connectivity index (χ0) is 19.6. The summed E-state index contributed by atoms with van der Waals surface area (Å²) in [6.07, 6.45) is 1.61. The van der Waals surface area contributed by atoms with Crippen molar-refractivity contribution in [2.24, 2.45) is 4.99 Å². The average molecular weight is 389 g/mol. The van der Waals surface area contributed by atoms with Gasteiger partial charge in [-0.05, 0) is 25.5 Å². The molecule has 0 aliphatic rings. The highest BCUT2D eigenvalue weighted by Crippen LogP contribution is 2.16. The Hall–Kier alpha value is -1.87. The third-order valence-corrected chi connectivity index (χ3v) is 5.02. The number of rotatable bonds is 10. The fourth-order valence-electron chi connectivity index (χ4n) is 2.28. The van der Waals surface area contributed by atoms with Gasteiger partial charge in [0.15, 0.2) is 17.5 Å². The number of guanidine groups is 1. The molecule has 0 saturated heterocycles. The van der Waals surface area contributed by atoms with E-state index in [-0.39, 0.29) is 11.9 Å². The molecule has 1 aromatic rings. The number of benzene rings is 1. The first-order valence-electron chi connectivity index (χ1n) is 8.58. The molecular formula is C17H29FN4O3S. The minimum Gasteiger partial charge on any atom is -0.486 e. The molecule has 148 valence electrons. The van der Waals surface area contributed by atoms with Gasteiger partial charge >= 0.3 is 0 Å². The molecule has 0 fully saturated rings. The van der Waals surface area contributed by atoms with Crippen molar-refractivity contribution < 1.29 is 17.5 Å². The Morgan fingerprint density at radius 1 is 1.35 bits per heavy atom. The van der Waals surface area contributed by atoms with Crippen LogP contribution in [0, 0.1) is 5.82 Å². The minimum absolute atomic E-state index is 0.213. The number of hydrogen-bond acceptors (Lipinski definition) is 4. The largest absolute Gasteiger partial charge is 0.486 e. The van der Waals surface area contributed by atoms with Crippen molar-refractivity contribution in [1.82, 2.24) is 14.9 Å². The number of para-hydroxylation sites is 1. The van der Waals surface area contributed by atoms with Gasteiger partial charge in [0, 0.05) is 26.7 Å². The van der Waals surface area contributed by atoms with Gasteiger partial charge < -0.3 is 15.4 Å². The molecule has 1 aromatic carbocycles. The SMILES string of the molecule is CCN(CCCNC(=NC)NCC(C)Oc1ccccc1F)S(C)(=O)=O. The van der Waals surface area contributed by atoms with E-state index in [9.17, 15) is 12.8 Å². The zero-order valence-corrected chi connectivity index (χ0v) is 16.6. The molecule has 9 heteroatoms. The van der Waals surface area contributed by atoms with E-state index in [2.05, 4.69) is 15.6 Å². The van der Waals surface area contributed by atoms with Crippen LogP contribution in [0.25, 0.3) is 0 Å². The fraction of sp³-hybridized carbons (Fsp3) is 0.588. The van der Waals surface area contributed by atoms with Crippen LogP contribution < -0.4 is 15.4 Å². The number of hydrogen-bond donors (Lipinski definition) is 2. The predicted molar refractivity (Wildman–Crippen MR) is 103 cm³/mol. The molecule has 7 nitrogen and oxygen atoms in total. The van der Waals surface area contributed by atoms with E-state index in [1.807, 2.05) is 13.8 Å². The van der Waals surface area contributed by atoms with E-state index >= 15 is 0 Å². The fourth-order valence-corrected chi connectivity index (χ4v) is 3.21. The minimum atomic E-state index is -3.16. The standard InChI is InChI=1S/C17H29FN4O3S/c1-5-22(26(4,23)24)12-8-11-20-17(19-3)21-13-14(2)25-16-10-7-6-9-15(16)18/h6-7,9-10,14H,5,8,11-13H2,1-4H3,(H2,19,20,21). The zero-order valence-electron chi connectivity index (χ0n) is 15.8. The first-order valence-corrected chi connectivity index (χ1v) is 10.4. The first kappa shape index (κ1) is 22.2. The molecule has 0 radical (unpaired) electrons. The second-order valence-electron chi connectivity index (χ2n) is 5.85. The average Bonchev–Trinajstić information content (AvgIpc) is 2.58. The number of nitrogens with one attached hydrogen (secondary N) is 2. The van der Waals surface area contributed by atoms with Gasteiger partial charge in [0.25, 0.3) is 0 Å². The van der Waals surface area contributed by atoms with Crippen LogP contribution in [-0.2, 0) is 10.0 Å². The summed E-state index contributed by atoms with van der Waals surface area (Å²) in [5.41, 5.74) is 0. The van der Waals surface area contributed by atoms with E-state index in [1.54, 1.807) is 25.2 Å². The van der Waals surface area contributed by atoms with Crippen molar-refractivity contribution in [3.05, 3.63) is 30.1 Å². The Kier molecular flexibility index (Phi) is 9.36. The van der Waals surface area contributed by atoms with Gasteiger partial charge in [-0.25, -0.2) is 17.1 Å². The van der Waals surface area contributed by atoms with E-state index in [1.165, 1.54) is 16.6 Å². The molecule has 26 heavy (non-hydrogen) atoms. The van der Waals surface area contributed by atoms with Gasteiger partial charge in [-0.3, -0.25) is 4.99 Å². The Morgan fingerprint density at radius 3 is 2.62 bits per heavy atom. The highest BCUT2D eigenvalue weighted by molar-refractivity contribution is 7.88. The summed E-state index contributed by atoms with van der Waals surface area (Å²) in [7, 11) is -1.52. The topological polar surface area (TPSA) is 83.0 Å². The lowest BCUT2D eigenvalue weighted by atomic mass is 10.3. The highest BCUT2D eigenvalue weighted by Gasteiger charge is 2.13. The molecule has 0 amide bonds. The third kappa shape index (κ3) is 8.01. The van der Waals surface area contributed by atoms with E-state index in [0.717, 1.165) is 0 Å². The normalized spacial score (nSPS) is 13.5. The maximum absolute atomic E-state index is 13.6. The smallest absolute Gasteiger partial charge is 0.211 e. The second kappa shape index (κ2) is 11.0. The van der Waals surface area contributed by atoms with Gasteiger partial charge in [-0.2, -0.15) is 0 Å². The van der Waals surface area contributed by atoms with Gasteiger partial charge in [-0.1, -0.05) is 19.1 Å². The molecule has 1 atom stereocenters. The molecule has 2 N–H and O–H groups in total. The van der Waals surface area contributed by atoms with Crippen molar-refractivity contribution in [2.75, 3.05) is 39.5 Å². The lowest BCUT2D eigenvalue weighted by Gasteiger charge is -2.19. The molecular weight excluding hydrogens is 359 g/mol. The lowest BCUT2D eigenvalue weighted by Crippen LogP contribution is -2.42. The number of ether oxygens (including phenoxy) is 1. The maximum atomic E-state index is 13.6. The van der Waals surface area contributed by atoms with Crippen LogP contribution in [0.4, 0.5) is 4.39 Å². The third-order valence-electron chi connectivity index (χ3n) is 3.64. The summed E-state index contributed by atoms with van der Waals surface area (Å²) in [5.74, 6) is 0.398. The van der Waals surface area contributed by atoms with Gasteiger partial charge in [0.1, 0.15) is 6.10 Å². The van der Waals surface area contributed by atoms with Crippen molar-refractivity contribution in [3.63, 3.8) is 0 Å². The van der Waals surface area contributed by atoms with Crippen molar-refractivity contribution in [1.29, 1.82) is 0 Å². The van der Waals surface area contributed by atoms with Crippen LogP contribution in [0.3, 0.4) is 0 Å². The second-order valence-corrected chi connectivity index (χ2v) is 7.83.